The van der Waals surface area contributed by atoms with Gasteiger partial charge >= 0.3 is 0 Å². The van der Waals surface area contributed by atoms with E-state index < -0.39 is 0 Å². The molecule has 0 aromatic rings. The lowest BCUT2D eigenvalue weighted by atomic mass is 10.2. The summed E-state index contributed by atoms with van der Waals surface area (Å²) in [6.45, 7) is 11.0. The van der Waals surface area contributed by atoms with Crippen molar-refractivity contribution in [2.24, 2.45) is 5.73 Å². The van der Waals surface area contributed by atoms with E-state index in [-0.39, 0.29) is 0 Å². The second kappa shape index (κ2) is 8.17. The first-order chi connectivity index (χ1) is 9.28. The standard InChI is InChI=1S/C14H30N4O/c1-16-10-11-19-14(12-16)13-18-8-6-17(7-9-18)5-3-2-4-15/h14H,2-13,15H2,1H3. The van der Waals surface area contributed by atoms with Crippen LogP contribution in [0.5, 0.6) is 0 Å². The van der Waals surface area contributed by atoms with Crippen molar-refractivity contribution < 1.29 is 4.74 Å². The van der Waals surface area contributed by atoms with Crippen molar-refractivity contribution in [2.45, 2.75) is 18.9 Å². The Morgan fingerprint density at radius 2 is 1.79 bits per heavy atom. The zero-order valence-electron chi connectivity index (χ0n) is 12.4. The van der Waals surface area contributed by atoms with Gasteiger partial charge in [0.2, 0.25) is 0 Å². The molecule has 0 aromatic heterocycles. The molecule has 2 saturated heterocycles. The number of morpholine rings is 1. The van der Waals surface area contributed by atoms with Gasteiger partial charge in [0, 0.05) is 45.8 Å². The van der Waals surface area contributed by atoms with Gasteiger partial charge in [-0.1, -0.05) is 0 Å². The highest BCUT2D eigenvalue weighted by Crippen LogP contribution is 2.08. The van der Waals surface area contributed by atoms with E-state index in [1.54, 1.807) is 0 Å². The van der Waals surface area contributed by atoms with Gasteiger partial charge in [-0.25, -0.2) is 0 Å². The van der Waals surface area contributed by atoms with E-state index in [0.717, 1.165) is 39.2 Å². The largest absolute Gasteiger partial charge is 0.374 e. The molecule has 19 heavy (non-hydrogen) atoms. The van der Waals surface area contributed by atoms with Gasteiger partial charge < -0.3 is 20.3 Å². The van der Waals surface area contributed by atoms with Crippen LogP contribution in [-0.2, 0) is 4.74 Å². The van der Waals surface area contributed by atoms with E-state index >= 15 is 0 Å². The molecule has 0 amide bonds. The second-order valence-electron chi connectivity index (χ2n) is 5.89. The molecule has 0 saturated carbocycles. The fraction of sp³-hybridized carbons (Fsp3) is 1.00. The molecule has 2 aliphatic heterocycles. The van der Waals surface area contributed by atoms with Crippen molar-refractivity contribution in [2.75, 3.05) is 72.6 Å². The molecule has 112 valence electrons. The predicted octanol–water partition coefficient (Wildman–Crippen LogP) is -0.326. The number of hydrogen-bond donors (Lipinski definition) is 1. The highest BCUT2D eigenvalue weighted by molar-refractivity contribution is 4.77. The zero-order chi connectivity index (χ0) is 13.5. The van der Waals surface area contributed by atoms with Gasteiger partial charge in [0.1, 0.15) is 0 Å². The molecule has 5 heteroatoms. The van der Waals surface area contributed by atoms with Crippen LogP contribution in [0.1, 0.15) is 12.8 Å². The highest BCUT2D eigenvalue weighted by atomic mass is 16.5. The van der Waals surface area contributed by atoms with E-state index in [9.17, 15) is 0 Å². The third-order valence-corrected chi connectivity index (χ3v) is 4.20. The molecule has 2 rings (SSSR count). The summed E-state index contributed by atoms with van der Waals surface area (Å²) in [6, 6.07) is 0. The first-order valence-electron chi connectivity index (χ1n) is 7.73. The van der Waals surface area contributed by atoms with E-state index in [4.69, 9.17) is 10.5 Å². The average Bonchev–Trinajstić information content (AvgIpc) is 2.41. The molecule has 0 radical (unpaired) electrons. The van der Waals surface area contributed by atoms with Gasteiger partial charge in [0.05, 0.1) is 12.7 Å². The highest BCUT2D eigenvalue weighted by Gasteiger charge is 2.23. The molecule has 2 aliphatic rings. The molecule has 1 atom stereocenters. The number of nitrogens with two attached hydrogens (primary N) is 1. The molecule has 0 aliphatic carbocycles. The predicted molar refractivity (Wildman–Crippen MR) is 78.4 cm³/mol. The number of piperazine rings is 1. The fourth-order valence-corrected chi connectivity index (χ4v) is 2.94. The number of likely N-dealkylation sites (N-methyl/N-ethyl adjacent to an activating group) is 1. The van der Waals surface area contributed by atoms with Gasteiger partial charge in [-0.2, -0.15) is 0 Å². The Balaban J connectivity index is 1.60. The minimum Gasteiger partial charge on any atom is -0.374 e. The number of ether oxygens (including phenoxy) is 1. The molecular weight excluding hydrogens is 240 g/mol. The van der Waals surface area contributed by atoms with Crippen LogP contribution in [-0.4, -0.2) is 93.4 Å². The molecule has 0 bridgehead atoms. The quantitative estimate of drug-likeness (QED) is 0.670. The minimum atomic E-state index is 0.405. The van der Waals surface area contributed by atoms with E-state index in [0.29, 0.717) is 6.10 Å². The summed E-state index contributed by atoms with van der Waals surface area (Å²) in [4.78, 5) is 7.50. The number of rotatable bonds is 6. The van der Waals surface area contributed by atoms with Crippen LogP contribution >= 0.6 is 0 Å². The Morgan fingerprint density at radius 1 is 1.05 bits per heavy atom. The number of unbranched alkanes of at least 4 members (excludes halogenated alkanes) is 1. The normalized spacial score (nSPS) is 27.8. The van der Waals surface area contributed by atoms with Crippen LogP contribution in [0, 0.1) is 0 Å². The lowest BCUT2D eigenvalue weighted by Gasteiger charge is -2.38. The van der Waals surface area contributed by atoms with Gasteiger partial charge in [0.25, 0.3) is 0 Å². The first-order valence-corrected chi connectivity index (χ1v) is 7.73. The third kappa shape index (κ3) is 5.36. The zero-order valence-corrected chi connectivity index (χ0v) is 12.4. The van der Waals surface area contributed by atoms with Gasteiger partial charge in [-0.05, 0) is 33.0 Å². The molecule has 2 N–H and O–H groups in total. The molecule has 5 nitrogen and oxygen atoms in total. The van der Waals surface area contributed by atoms with Crippen molar-refractivity contribution in [3.8, 4) is 0 Å². The number of hydrogen-bond acceptors (Lipinski definition) is 5. The van der Waals surface area contributed by atoms with Crippen LogP contribution in [0.4, 0.5) is 0 Å². The first kappa shape index (κ1) is 15.2. The summed E-state index contributed by atoms with van der Waals surface area (Å²) in [7, 11) is 2.19. The van der Waals surface area contributed by atoms with E-state index in [1.807, 2.05) is 0 Å². The van der Waals surface area contributed by atoms with Gasteiger partial charge in [0.15, 0.2) is 0 Å². The smallest absolute Gasteiger partial charge is 0.0829 e. The van der Waals surface area contributed by atoms with Crippen molar-refractivity contribution >= 4 is 0 Å². The van der Waals surface area contributed by atoms with Crippen LogP contribution in [0.3, 0.4) is 0 Å². The summed E-state index contributed by atoms with van der Waals surface area (Å²) in [5, 5.41) is 0. The van der Waals surface area contributed by atoms with Crippen LogP contribution in [0.25, 0.3) is 0 Å². The molecule has 0 spiro atoms. The van der Waals surface area contributed by atoms with Crippen molar-refractivity contribution in [3.63, 3.8) is 0 Å². The van der Waals surface area contributed by atoms with Crippen LogP contribution < -0.4 is 5.73 Å². The maximum absolute atomic E-state index is 5.85. The lowest BCUT2D eigenvalue weighted by molar-refractivity contribution is -0.0410. The van der Waals surface area contributed by atoms with Crippen LogP contribution in [0.2, 0.25) is 0 Å². The summed E-state index contributed by atoms with van der Waals surface area (Å²) < 4.78 is 5.85. The van der Waals surface area contributed by atoms with Gasteiger partial charge in [-0.15, -0.1) is 0 Å². The molecule has 1 unspecified atom stereocenters. The Hall–Kier alpha value is -0.200. The molecule has 0 aromatic carbocycles. The maximum atomic E-state index is 5.85. The van der Waals surface area contributed by atoms with Gasteiger partial charge in [-0.3, -0.25) is 4.90 Å². The fourth-order valence-electron chi connectivity index (χ4n) is 2.94. The Kier molecular flexibility index (Phi) is 6.53. The van der Waals surface area contributed by atoms with Crippen LogP contribution in [0.15, 0.2) is 0 Å². The maximum Gasteiger partial charge on any atom is 0.0829 e. The molecule has 2 heterocycles. The lowest BCUT2D eigenvalue weighted by Crippen LogP contribution is -2.52. The number of nitrogens with zero attached hydrogens (tertiary/aromatic N) is 3. The monoisotopic (exact) mass is 270 g/mol. The summed E-state index contributed by atoms with van der Waals surface area (Å²) >= 11 is 0. The summed E-state index contributed by atoms with van der Waals surface area (Å²) in [6.07, 6.45) is 2.80. The Bertz CT molecular complexity index is 244. The molecular formula is C14H30N4O. The van der Waals surface area contributed by atoms with Crippen molar-refractivity contribution in [1.29, 1.82) is 0 Å². The summed E-state index contributed by atoms with van der Waals surface area (Å²) in [5.74, 6) is 0. The third-order valence-electron chi connectivity index (χ3n) is 4.20. The molecule has 2 fully saturated rings. The Labute approximate surface area is 117 Å². The van der Waals surface area contributed by atoms with E-state index in [2.05, 4.69) is 21.7 Å². The SMILES string of the molecule is CN1CCOC(CN2CCN(CCCCN)CC2)C1. The average molecular weight is 270 g/mol. The van der Waals surface area contributed by atoms with Crippen molar-refractivity contribution in [3.05, 3.63) is 0 Å². The minimum absolute atomic E-state index is 0.405. The second-order valence-corrected chi connectivity index (χ2v) is 5.89. The summed E-state index contributed by atoms with van der Waals surface area (Å²) in [5.41, 5.74) is 5.54. The van der Waals surface area contributed by atoms with Crippen molar-refractivity contribution in [1.82, 2.24) is 14.7 Å². The topological polar surface area (TPSA) is 45.0 Å². The van der Waals surface area contributed by atoms with E-state index in [1.165, 1.54) is 39.1 Å². The Morgan fingerprint density at radius 3 is 2.47 bits per heavy atom.